The average Bonchev–Trinajstić information content (AvgIpc) is 3.44. The highest BCUT2D eigenvalue weighted by molar-refractivity contribution is 6.25. The highest BCUT2D eigenvalue weighted by Crippen LogP contribution is 2.48. The summed E-state index contributed by atoms with van der Waals surface area (Å²) >= 11 is 0. The zero-order valence-corrected chi connectivity index (χ0v) is 42.6. The number of hydrogen-bond donors (Lipinski definition) is 0. The number of aryl methyl sites for hydroxylation is 1. The first-order valence-corrected chi connectivity index (χ1v) is 25.7. The Morgan fingerprint density at radius 3 is 1.47 bits per heavy atom. The number of carbonyl (C=O) groups excluding carboxylic acids is 2. The summed E-state index contributed by atoms with van der Waals surface area (Å²) in [6.07, 6.45) is 4.57. The molecule has 0 amide bonds. The normalized spacial score (nSPS) is 14.2. The summed E-state index contributed by atoms with van der Waals surface area (Å²) in [4.78, 5) is 28.0. The number of benzene rings is 10. The van der Waals surface area contributed by atoms with Crippen LogP contribution < -0.4 is 23.8 Å². The first kappa shape index (κ1) is 47.9. The molecule has 0 heterocycles. The Kier molecular flexibility index (Phi) is 12.9. The molecule has 1 fully saturated rings. The fraction of sp³-hybridized carbons (Fsp3) is 0.194. The third-order valence-electron chi connectivity index (χ3n) is 15.5. The van der Waals surface area contributed by atoms with Gasteiger partial charge in [-0.3, -0.25) is 4.79 Å². The first-order chi connectivity index (χ1) is 36.0. The fourth-order valence-corrected chi connectivity index (χ4v) is 11.3. The number of carbonyl (C=O) groups is 2. The van der Waals surface area contributed by atoms with E-state index in [4.69, 9.17) is 18.9 Å². The predicted octanol–water partition coefficient (Wildman–Crippen LogP) is 17.1. The molecule has 368 valence electrons. The highest BCUT2D eigenvalue weighted by atomic mass is 16.7. The number of nitrogens with zero attached hydrogens (tertiary/aromatic N) is 1. The second-order valence-corrected chi connectivity index (χ2v) is 20.3. The van der Waals surface area contributed by atoms with Gasteiger partial charge in [0.05, 0.1) is 18.7 Å². The highest BCUT2D eigenvalue weighted by Gasteiger charge is 2.36. The molecule has 11 rings (SSSR count). The van der Waals surface area contributed by atoms with Crippen LogP contribution in [0.25, 0.3) is 32.3 Å². The van der Waals surface area contributed by atoms with Crippen LogP contribution in [0.15, 0.2) is 200 Å². The maximum Gasteiger partial charge on any atom is 0.519 e. The summed E-state index contributed by atoms with van der Waals surface area (Å²) < 4.78 is 22.7. The monoisotopic (exact) mass is 973 g/mol. The second-order valence-electron chi connectivity index (χ2n) is 20.3. The van der Waals surface area contributed by atoms with E-state index in [2.05, 4.69) is 158 Å². The second kappa shape index (κ2) is 19.9. The van der Waals surface area contributed by atoms with Crippen LogP contribution in [0.3, 0.4) is 0 Å². The minimum Gasteiger partial charge on any atom is -0.497 e. The van der Waals surface area contributed by atoms with Gasteiger partial charge in [-0.25, -0.2) is 4.79 Å². The maximum atomic E-state index is 13.4. The van der Waals surface area contributed by atoms with Crippen LogP contribution in [0.4, 0.5) is 21.9 Å². The molecule has 0 saturated heterocycles. The molecule has 0 aromatic heterocycles. The molecule has 10 aromatic carbocycles. The smallest absolute Gasteiger partial charge is 0.497 e. The lowest BCUT2D eigenvalue weighted by Gasteiger charge is -2.38. The van der Waals surface area contributed by atoms with Gasteiger partial charge in [0.15, 0.2) is 0 Å². The van der Waals surface area contributed by atoms with E-state index in [0.29, 0.717) is 17.2 Å². The van der Waals surface area contributed by atoms with E-state index in [9.17, 15) is 9.59 Å². The van der Waals surface area contributed by atoms with E-state index in [0.717, 1.165) is 70.7 Å². The Bertz CT molecular complexity index is 3580. The third-order valence-corrected chi connectivity index (χ3v) is 15.5. The van der Waals surface area contributed by atoms with Crippen LogP contribution in [0.1, 0.15) is 86.3 Å². The van der Waals surface area contributed by atoms with Gasteiger partial charge >= 0.3 is 12.1 Å². The van der Waals surface area contributed by atoms with Gasteiger partial charge in [-0.15, -0.1) is 0 Å². The van der Waals surface area contributed by atoms with Crippen molar-refractivity contribution in [1.82, 2.24) is 0 Å². The van der Waals surface area contributed by atoms with Gasteiger partial charge in [0, 0.05) is 27.6 Å². The Hall–Kier alpha value is -8.42. The Balaban J connectivity index is 0.859. The van der Waals surface area contributed by atoms with Gasteiger partial charge in [0.25, 0.3) is 0 Å². The molecule has 7 heteroatoms. The lowest BCUT2D eigenvalue weighted by molar-refractivity contribution is -0.137. The van der Waals surface area contributed by atoms with Crippen LogP contribution in [0.2, 0.25) is 0 Å². The molecule has 0 radical (unpaired) electrons. The lowest BCUT2D eigenvalue weighted by atomic mass is 9.65. The van der Waals surface area contributed by atoms with Crippen LogP contribution in [-0.2, 0) is 15.6 Å². The number of anilines is 3. The van der Waals surface area contributed by atoms with Crippen molar-refractivity contribution in [2.75, 3.05) is 12.0 Å². The van der Waals surface area contributed by atoms with Crippen molar-refractivity contribution in [2.24, 2.45) is 5.92 Å². The summed E-state index contributed by atoms with van der Waals surface area (Å²) in [5.74, 6) is 1.63. The van der Waals surface area contributed by atoms with Crippen LogP contribution >= 0.6 is 0 Å². The summed E-state index contributed by atoms with van der Waals surface area (Å²) in [7, 11) is 1.68. The van der Waals surface area contributed by atoms with Crippen LogP contribution in [0, 0.1) is 12.8 Å². The number of esters is 1. The van der Waals surface area contributed by atoms with E-state index < -0.39 is 11.6 Å². The Labute approximate surface area is 433 Å². The average molecular weight is 974 g/mol. The standard InChI is InChI=1S/C67H59NO6/c1-44(2)64(69)72-57-36-24-52(25-37-57)67(42-7-6-8-43-67)53-26-38-59(39-27-53)74-65(70)73-58-34-22-51(23-35-58)66(4,50-20-32-56(71-5)33-21-50)49-18-30-55(31-19-49)68(54-28-12-45(3)13-29-54)61-41-17-48-15-14-46-10-9-11-47-16-40-60(61)63(48)62(46)47/h9-41,44H,6-8,42-43H2,1-5H3. The van der Waals surface area contributed by atoms with Crippen molar-refractivity contribution >= 4 is 61.5 Å². The largest absolute Gasteiger partial charge is 0.519 e. The third kappa shape index (κ3) is 8.97. The minimum absolute atomic E-state index is 0.199. The molecule has 1 aliphatic carbocycles. The SMILES string of the molecule is COc1ccc(C(C)(c2ccc(OC(=O)Oc3ccc(C4(c5ccc(OC(=O)C(C)C)cc5)CCCCC4)cc3)cc2)c2ccc(N(c3ccc(C)cc3)c3ccc4ccc5cccc6ccc3c4c56)cc2)cc1. The molecule has 1 atom stereocenters. The summed E-state index contributed by atoms with van der Waals surface area (Å²) in [6, 6.07) is 69.2. The molecular weight excluding hydrogens is 915 g/mol. The molecule has 1 unspecified atom stereocenters. The molecule has 1 saturated carbocycles. The molecule has 74 heavy (non-hydrogen) atoms. The zero-order valence-electron chi connectivity index (χ0n) is 42.6. The van der Waals surface area contributed by atoms with Crippen LogP contribution in [-0.4, -0.2) is 19.2 Å². The fourth-order valence-electron chi connectivity index (χ4n) is 11.3. The number of hydrogen-bond acceptors (Lipinski definition) is 7. The van der Waals surface area contributed by atoms with E-state index in [-0.39, 0.29) is 17.3 Å². The van der Waals surface area contributed by atoms with Gasteiger partial charge in [-0.2, -0.15) is 0 Å². The quantitative estimate of drug-likeness (QED) is 0.0375. The molecule has 0 spiro atoms. The van der Waals surface area contributed by atoms with Gasteiger partial charge in [-0.05, 0) is 160 Å². The maximum absolute atomic E-state index is 13.4. The van der Waals surface area contributed by atoms with Crippen molar-refractivity contribution in [2.45, 2.75) is 70.6 Å². The number of methoxy groups -OCH3 is 1. The molecular formula is C67H59NO6. The molecule has 10 aromatic rings. The van der Waals surface area contributed by atoms with Crippen molar-refractivity contribution in [1.29, 1.82) is 0 Å². The molecule has 0 N–H and O–H groups in total. The van der Waals surface area contributed by atoms with Crippen LogP contribution in [0.5, 0.6) is 23.0 Å². The zero-order chi connectivity index (χ0) is 51.0. The van der Waals surface area contributed by atoms with Gasteiger partial charge in [-0.1, -0.05) is 160 Å². The van der Waals surface area contributed by atoms with Gasteiger partial charge in [0.1, 0.15) is 23.0 Å². The minimum atomic E-state index is -0.819. The van der Waals surface area contributed by atoms with Crippen molar-refractivity contribution in [3.05, 3.63) is 234 Å². The Morgan fingerprint density at radius 2 is 0.946 bits per heavy atom. The van der Waals surface area contributed by atoms with E-state index >= 15 is 0 Å². The lowest BCUT2D eigenvalue weighted by Crippen LogP contribution is -2.30. The number of rotatable bonds is 13. The van der Waals surface area contributed by atoms with Crippen molar-refractivity contribution < 1.29 is 28.5 Å². The van der Waals surface area contributed by atoms with E-state index in [1.54, 1.807) is 7.11 Å². The molecule has 0 bridgehead atoms. The predicted molar refractivity (Wildman–Crippen MR) is 298 cm³/mol. The van der Waals surface area contributed by atoms with Crippen molar-refractivity contribution in [3.8, 4) is 23.0 Å². The van der Waals surface area contributed by atoms with Gasteiger partial charge < -0.3 is 23.8 Å². The summed E-state index contributed by atoms with van der Waals surface area (Å²) in [5, 5.41) is 7.44. The Morgan fingerprint density at radius 1 is 0.500 bits per heavy atom. The van der Waals surface area contributed by atoms with E-state index in [1.807, 2.05) is 74.5 Å². The van der Waals surface area contributed by atoms with E-state index in [1.165, 1.54) is 49.9 Å². The topological polar surface area (TPSA) is 74.3 Å². The van der Waals surface area contributed by atoms with Gasteiger partial charge in [0.2, 0.25) is 0 Å². The molecule has 1 aliphatic rings. The molecule has 0 aliphatic heterocycles. The first-order valence-electron chi connectivity index (χ1n) is 25.7. The number of ether oxygens (including phenoxy) is 4. The summed E-state index contributed by atoms with van der Waals surface area (Å²) in [5.41, 5.74) is 9.10. The van der Waals surface area contributed by atoms with Crippen molar-refractivity contribution in [3.63, 3.8) is 0 Å². The summed E-state index contributed by atoms with van der Waals surface area (Å²) in [6.45, 7) is 8.01. The molecule has 7 nitrogen and oxygen atoms in total.